The molecule has 1 unspecified atom stereocenters. The van der Waals surface area contributed by atoms with Crippen LogP contribution in [0.5, 0.6) is 5.75 Å². The standard InChI is InChI=1S/C14H22FNO/c1-3-9-16-12(2)6-5-10-17-14-8-4-7-13(15)11-14/h4,7-8,11-12,16H,3,5-6,9-10H2,1-2H3. The summed E-state index contributed by atoms with van der Waals surface area (Å²) in [5.74, 6) is 0.361. The molecule has 3 heteroatoms. The maximum absolute atomic E-state index is 12.9. The highest BCUT2D eigenvalue weighted by Gasteiger charge is 2.00. The minimum atomic E-state index is -0.250. The largest absolute Gasteiger partial charge is 0.493 e. The summed E-state index contributed by atoms with van der Waals surface area (Å²) in [5, 5.41) is 3.42. The van der Waals surface area contributed by atoms with Crippen LogP contribution in [0.15, 0.2) is 24.3 Å². The first-order valence-electron chi connectivity index (χ1n) is 6.34. The average Bonchev–Trinajstić information content (AvgIpc) is 2.32. The highest BCUT2D eigenvalue weighted by Crippen LogP contribution is 2.12. The third-order valence-electron chi connectivity index (χ3n) is 2.59. The van der Waals surface area contributed by atoms with E-state index < -0.39 is 0 Å². The quantitative estimate of drug-likeness (QED) is 0.702. The Kier molecular flexibility index (Phi) is 6.63. The van der Waals surface area contributed by atoms with Crippen molar-refractivity contribution < 1.29 is 9.13 Å². The molecule has 0 saturated heterocycles. The van der Waals surface area contributed by atoms with Crippen molar-refractivity contribution in [3.63, 3.8) is 0 Å². The van der Waals surface area contributed by atoms with E-state index in [-0.39, 0.29) is 5.82 Å². The van der Waals surface area contributed by atoms with E-state index in [2.05, 4.69) is 19.2 Å². The molecule has 2 nitrogen and oxygen atoms in total. The van der Waals surface area contributed by atoms with Crippen molar-refractivity contribution in [2.24, 2.45) is 0 Å². The summed E-state index contributed by atoms with van der Waals surface area (Å²) >= 11 is 0. The van der Waals surface area contributed by atoms with E-state index in [1.54, 1.807) is 12.1 Å². The molecule has 0 spiro atoms. The van der Waals surface area contributed by atoms with Crippen LogP contribution in [0.25, 0.3) is 0 Å². The lowest BCUT2D eigenvalue weighted by atomic mass is 10.2. The van der Waals surface area contributed by atoms with Gasteiger partial charge in [-0.05, 0) is 44.9 Å². The third kappa shape index (κ3) is 6.27. The van der Waals surface area contributed by atoms with Gasteiger partial charge in [0.25, 0.3) is 0 Å². The van der Waals surface area contributed by atoms with Crippen molar-refractivity contribution in [2.45, 2.75) is 39.2 Å². The first-order valence-corrected chi connectivity index (χ1v) is 6.34. The molecule has 1 aromatic rings. The number of nitrogens with one attached hydrogen (secondary N) is 1. The predicted octanol–water partition coefficient (Wildman–Crippen LogP) is 3.37. The Balaban J connectivity index is 2.11. The van der Waals surface area contributed by atoms with Crippen molar-refractivity contribution in [3.8, 4) is 5.75 Å². The zero-order chi connectivity index (χ0) is 12.5. The minimum absolute atomic E-state index is 0.250. The van der Waals surface area contributed by atoms with Crippen LogP contribution in [-0.4, -0.2) is 19.2 Å². The lowest BCUT2D eigenvalue weighted by Gasteiger charge is -2.13. The number of halogens is 1. The maximum Gasteiger partial charge on any atom is 0.126 e. The van der Waals surface area contributed by atoms with E-state index >= 15 is 0 Å². The molecule has 0 radical (unpaired) electrons. The number of benzene rings is 1. The lowest BCUT2D eigenvalue weighted by molar-refractivity contribution is 0.296. The lowest BCUT2D eigenvalue weighted by Crippen LogP contribution is -2.26. The topological polar surface area (TPSA) is 21.3 Å². The van der Waals surface area contributed by atoms with E-state index in [0.29, 0.717) is 18.4 Å². The molecule has 1 atom stereocenters. The van der Waals surface area contributed by atoms with Crippen LogP contribution in [-0.2, 0) is 0 Å². The molecule has 0 aliphatic rings. The predicted molar refractivity (Wildman–Crippen MR) is 68.9 cm³/mol. The Bertz CT molecular complexity index is 317. The van der Waals surface area contributed by atoms with Crippen LogP contribution in [0.1, 0.15) is 33.1 Å². The molecule has 1 rings (SSSR count). The number of hydrogen-bond acceptors (Lipinski definition) is 2. The second kappa shape index (κ2) is 8.07. The van der Waals surface area contributed by atoms with E-state index in [9.17, 15) is 4.39 Å². The maximum atomic E-state index is 12.9. The van der Waals surface area contributed by atoms with Crippen molar-refractivity contribution in [3.05, 3.63) is 30.1 Å². The molecule has 0 saturated carbocycles. The van der Waals surface area contributed by atoms with Crippen LogP contribution in [0, 0.1) is 5.82 Å². The SMILES string of the molecule is CCCNC(C)CCCOc1cccc(F)c1. The van der Waals surface area contributed by atoms with Gasteiger partial charge in [0.2, 0.25) is 0 Å². The average molecular weight is 239 g/mol. The summed E-state index contributed by atoms with van der Waals surface area (Å²) in [6, 6.07) is 6.80. The Labute approximate surface area is 103 Å². The van der Waals surface area contributed by atoms with Gasteiger partial charge in [-0.15, -0.1) is 0 Å². The zero-order valence-corrected chi connectivity index (χ0v) is 10.7. The van der Waals surface area contributed by atoms with Gasteiger partial charge in [-0.2, -0.15) is 0 Å². The van der Waals surface area contributed by atoms with Crippen LogP contribution in [0.3, 0.4) is 0 Å². The molecule has 0 aliphatic heterocycles. The van der Waals surface area contributed by atoms with Gasteiger partial charge in [0, 0.05) is 12.1 Å². The fourth-order valence-electron chi connectivity index (χ4n) is 1.63. The minimum Gasteiger partial charge on any atom is -0.493 e. The van der Waals surface area contributed by atoms with E-state index in [1.165, 1.54) is 12.1 Å². The highest BCUT2D eigenvalue weighted by molar-refractivity contribution is 5.22. The van der Waals surface area contributed by atoms with Gasteiger partial charge in [0.15, 0.2) is 0 Å². The highest BCUT2D eigenvalue weighted by atomic mass is 19.1. The first-order chi connectivity index (χ1) is 8.22. The van der Waals surface area contributed by atoms with Gasteiger partial charge >= 0.3 is 0 Å². The molecular weight excluding hydrogens is 217 g/mol. The van der Waals surface area contributed by atoms with Gasteiger partial charge < -0.3 is 10.1 Å². The number of hydrogen-bond donors (Lipinski definition) is 1. The third-order valence-corrected chi connectivity index (χ3v) is 2.59. The number of ether oxygens (including phenoxy) is 1. The molecule has 0 heterocycles. The zero-order valence-electron chi connectivity index (χ0n) is 10.7. The van der Waals surface area contributed by atoms with E-state index in [0.717, 1.165) is 25.8 Å². The molecule has 0 aliphatic carbocycles. The fourth-order valence-corrected chi connectivity index (χ4v) is 1.63. The Hall–Kier alpha value is -1.09. The summed E-state index contributed by atoms with van der Waals surface area (Å²) < 4.78 is 18.3. The molecule has 1 N–H and O–H groups in total. The van der Waals surface area contributed by atoms with Gasteiger partial charge in [-0.3, -0.25) is 0 Å². The summed E-state index contributed by atoms with van der Waals surface area (Å²) in [7, 11) is 0. The normalized spacial score (nSPS) is 12.4. The van der Waals surface area contributed by atoms with Gasteiger partial charge in [-0.1, -0.05) is 13.0 Å². The summed E-state index contributed by atoms with van der Waals surface area (Å²) in [4.78, 5) is 0. The van der Waals surface area contributed by atoms with Crippen LogP contribution in [0.4, 0.5) is 4.39 Å². The van der Waals surface area contributed by atoms with E-state index in [4.69, 9.17) is 4.74 Å². The summed E-state index contributed by atoms with van der Waals surface area (Å²) in [6.07, 6.45) is 3.22. The molecule has 0 bridgehead atoms. The molecule has 96 valence electrons. The van der Waals surface area contributed by atoms with Crippen molar-refractivity contribution >= 4 is 0 Å². The summed E-state index contributed by atoms with van der Waals surface area (Å²) in [5.41, 5.74) is 0. The molecule has 17 heavy (non-hydrogen) atoms. The van der Waals surface area contributed by atoms with Gasteiger partial charge in [0.05, 0.1) is 6.61 Å². The van der Waals surface area contributed by atoms with Gasteiger partial charge in [-0.25, -0.2) is 4.39 Å². The fraction of sp³-hybridized carbons (Fsp3) is 0.571. The molecular formula is C14H22FNO. The van der Waals surface area contributed by atoms with Crippen LogP contribution >= 0.6 is 0 Å². The molecule has 1 aromatic carbocycles. The molecule has 0 fully saturated rings. The smallest absolute Gasteiger partial charge is 0.126 e. The second-order valence-electron chi connectivity index (χ2n) is 4.30. The Morgan fingerprint density at radius 1 is 1.41 bits per heavy atom. The molecule has 0 aromatic heterocycles. The van der Waals surface area contributed by atoms with E-state index in [1.807, 2.05) is 0 Å². The second-order valence-corrected chi connectivity index (χ2v) is 4.30. The molecule has 0 amide bonds. The van der Waals surface area contributed by atoms with Crippen LogP contribution < -0.4 is 10.1 Å². The monoisotopic (exact) mass is 239 g/mol. The van der Waals surface area contributed by atoms with Crippen LogP contribution in [0.2, 0.25) is 0 Å². The van der Waals surface area contributed by atoms with Crippen molar-refractivity contribution in [1.29, 1.82) is 0 Å². The first kappa shape index (κ1) is 14.0. The van der Waals surface area contributed by atoms with Crippen molar-refractivity contribution in [1.82, 2.24) is 5.32 Å². The Morgan fingerprint density at radius 3 is 2.94 bits per heavy atom. The van der Waals surface area contributed by atoms with Gasteiger partial charge in [0.1, 0.15) is 11.6 Å². The Morgan fingerprint density at radius 2 is 2.24 bits per heavy atom. The number of rotatable bonds is 8. The van der Waals surface area contributed by atoms with Crippen molar-refractivity contribution in [2.75, 3.05) is 13.2 Å². The summed E-state index contributed by atoms with van der Waals surface area (Å²) in [6.45, 7) is 6.04.